The molecule has 1 aromatic carbocycles. The van der Waals surface area contributed by atoms with Crippen molar-refractivity contribution in [3.63, 3.8) is 0 Å². The summed E-state index contributed by atoms with van der Waals surface area (Å²) in [4.78, 5) is 14.0. The third-order valence-electron chi connectivity index (χ3n) is 3.82. The topological polar surface area (TPSA) is 67.6 Å². The lowest BCUT2D eigenvalue weighted by Crippen LogP contribution is -2.42. The lowest BCUT2D eigenvalue weighted by molar-refractivity contribution is 0.113. The van der Waals surface area contributed by atoms with Gasteiger partial charge in [-0.1, -0.05) is 12.1 Å². The van der Waals surface area contributed by atoms with Crippen LogP contribution >= 0.6 is 0 Å². The molecule has 0 unspecified atom stereocenters. The van der Waals surface area contributed by atoms with E-state index in [1.54, 1.807) is 0 Å². The molecule has 22 heavy (non-hydrogen) atoms. The van der Waals surface area contributed by atoms with Crippen LogP contribution in [0.1, 0.15) is 33.6 Å². The van der Waals surface area contributed by atoms with Gasteiger partial charge in [-0.25, -0.2) is 4.79 Å². The molecule has 2 rings (SSSR count). The van der Waals surface area contributed by atoms with E-state index in [1.807, 2.05) is 39.0 Å². The van der Waals surface area contributed by atoms with E-state index >= 15 is 0 Å². The minimum Gasteiger partial charge on any atom is -0.449 e. The smallest absolute Gasteiger partial charge is 0.407 e. The van der Waals surface area contributed by atoms with Crippen LogP contribution in [0.5, 0.6) is 0 Å². The van der Waals surface area contributed by atoms with Crippen LogP contribution in [0, 0.1) is 5.92 Å². The maximum absolute atomic E-state index is 11.7. The van der Waals surface area contributed by atoms with Crippen molar-refractivity contribution in [3.05, 3.63) is 24.3 Å². The number of piperidine rings is 1. The average Bonchev–Trinajstić information content (AvgIpc) is 2.45. The molecule has 0 bridgehead atoms. The molecule has 5 heteroatoms. The Morgan fingerprint density at radius 1 is 1.32 bits per heavy atom. The minimum absolute atomic E-state index is 0.259. The second-order valence-electron chi connectivity index (χ2n) is 6.96. The number of anilines is 2. The maximum Gasteiger partial charge on any atom is 0.407 e. The van der Waals surface area contributed by atoms with Crippen molar-refractivity contribution in [2.24, 2.45) is 5.92 Å². The molecule has 0 atom stereocenters. The number of nitrogens with one attached hydrogen (secondary N) is 1. The molecule has 1 aliphatic heterocycles. The highest BCUT2D eigenvalue weighted by Crippen LogP contribution is 2.27. The van der Waals surface area contributed by atoms with Gasteiger partial charge in [0, 0.05) is 18.6 Å². The van der Waals surface area contributed by atoms with Crippen LogP contribution in [0.4, 0.5) is 16.2 Å². The Hall–Kier alpha value is -1.91. The number of alkyl carbamates (subject to hydrolysis) is 1. The van der Waals surface area contributed by atoms with Crippen molar-refractivity contribution in [2.75, 3.05) is 30.3 Å². The first-order valence-electron chi connectivity index (χ1n) is 7.89. The molecule has 1 aliphatic rings. The van der Waals surface area contributed by atoms with E-state index in [2.05, 4.69) is 16.3 Å². The zero-order valence-electron chi connectivity index (χ0n) is 13.8. The number of ether oxygens (including phenoxy) is 1. The third-order valence-corrected chi connectivity index (χ3v) is 3.82. The first-order chi connectivity index (χ1) is 10.3. The standard InChI is InChI=1S/C17H27N3O2/c1-17(2,3)19-16(21)22-12-13-8-10-20(11-9-13)15-7-5-4-6-14(15)18/h4-7,13H,8-12,18H2,1-3H3,(H,19,21). The Bertz CT molecular complexity index is 503. The SMILES string of the molecule is CC(C)(C)NC(=O)OCC1CCN(c2ccccc2N)CC1. The number of nitrogen functional groups attached to an aromatic ring is 1. The van der Waals surface area contributed by atoms with Crippen molar-refractivity contribution >= 4 is 17.5 Å². The fourth-order valence-electron chi connectivity index (χ4n) is 2.65. The van der Waals surface area contributed by atoms with E-state index < -0.39 is 0 Å². The maximum atomic E-state index is 11.7. The Balaban J connectivity index is 1.76. The summed E-state index contributed by atoms with van der Waals surface area (Å²) in [6, 6.07) is 7.95. The van der Waals surface area contributed by atoms with E-state index in [1.165, 1.54) is 0 Å². The van der Waals surface area contributed by atoms with Gasteiger partial charge in [0.15, 0.2) is 0 Å². The van der Waals surface area contributed by atoms with Crippen molar-refractivity contribution in [3.8, 4) is 0 Å². The number of hydrogen-bond donors (Lipinski definition) is 2. The summed E-state index contributed by atoms with van der Waals surface area (Å²) in [6.07, 6.45) is 1.69. The molecule has 1 aromatic rings. The van der Waals surface area contributed by atoms with Gasteiger partial charge in [0.1, 0.15) is 0 Å². The first-order valence-corrected chi connectivity index (χ1v) is 7.89. The summed E-state index contributed by atoms with van der Waals surface area (Å²) in [7, 11) is 0. The predicted octanol–water partition coefficient (Wildman–Crippen LogP) is 3.01. The number of rotatable bonds is 3. The number of nitrogens with two attached hydrogens (primary N) is 1. The van der Waals surface area contributed by atoms with E-state index in [0.29, 0.717) is 12.5 Å². The van der Waals surface area contributed by atoms with Gasteiger partial charge >= 0.3 is 6.09 Å². The quantitative estimate of drug-likeness (QED) is 0.842. The first kappa shape index (κ1) is 16.5. The van der Waals surface area contributed by atoms with Crippen LogP contribution < -0.4 is 16.0 Å². The largest absolute Gasteiger partial charge is 0.449 e. The number of carbonyl (C=O) groups excluding carboxylic acids is 1. The summed E-state index contributed by atoms with van der Waals surface area (Å²) in [5.41, 5.74) is 7.69. The van der Waals surface area contributed by atoms with Crippen LogP contribution in [0.15, 0.2) is 24.3 Å². The second-order valence-corrected chi connectivity index (χ2v) is 6.96. The van der Waals surface area contributed by atoms with Crippen LogP contribution in [0.2, 0.25) is 0 Å². The van der Waals surface area contributed by atoms with E-state index in [-0.39, 0.29) is 11.6 Å². The molecule has 0 aliphatic carbocycles. The summed E-state index contributed by atoms with van der Waals surface area (Å²) < 4.78 is 5.33. The summed E-state index contributed by atoms with van der Waals surface area (Å²) in [6.45, 7) is 8.21. The van der Waals surface area contributed by atoms with Crippen LogP contribution in [-0.2, 0) is 4.74 Å². The van der Waals surface area contributed by atoms with Crippen LogP contribution in [0.25, 0.3) is 0 Å². The van der Waals surface area contributed by atoms with Gasteiger partial charge in [0.05, 0.1) is 18.0 Å². The van der Waals surface area contributed by atoms with Crippen LogP contribution in [0.3, 0.4) is 0 Å². The molecule has 0 aromatic heterocycles. The fraction of sp³-hybridized carbons (Fsp3) is 0.588. The number of para-hydroxylation sites is 2. The van der Waals surface area contributed by atoms with Gasteiger partial charge < -0.3 is 20.7 Å². The van der Waals surface area contributed by atoms with Crippen molar-refractivity contribution in [1.29, 1.82) is 0 Å². The predicted molar refractivity (Wildman–Crippen MR) is 90.0 cm³/mol. The number of amides is 1. The molecular formula is C17H27N3O2. The molecule has 0 saturated carbocycles. The number of benzene rings is 1. The normalized spacial score (nSPS) is 16.4. The molecule has 1 saturated heterocycles. The Morgan fingerprint density at radius 2 is 1.95 bits per heavy atom. The van der Waals surface area contributed by atoms with Crippen molar-refractivity contribution in [2.45, 2.75) is 39.2 Å². The highest BCUT2D eigenvalue weighted by atomic mass is 16.5. The number of hydrogen-bond acceptors (Lipinski definition) is 4. The molecular weight excluding hydrogens is 278 g/mol. The zero-order valence-corrected chi connectivity index (χ0v) is 13.8. The van der Waals surface area contributed by atoms with E-state index in [9.17, 15) is 4.79 Å². The molecule has 1 amide bonds. The summed E-state index contributed by atoms with van der Waals surface area (Å²) in [5.74, 6) is 0.423. The highest BCUT2D eigenvalue weighted by molar-refractivity contribution is 5.68. The number of carbonyl (C=O) groups is 1. The molecule has 0 radical (unpaired) electrons. The molecule has 0 spiro atoms. The van der Waals surface area contributed by atoms with Gasteiger partial charge in [-0.2, -0.15) is 0 Å². The average molecular weight is 305 g/mol. The Labute approximate surface area is 132 Å². The molecule has 122 valence electrons. The highest BCUT2D eigenvalue weighted by Gasteiger charge is 2.22. The van der Waals surface area contributed by atoms with Gasteiger partial charge in [-0.3, -0.25) is 0 Å². The molecule has 5 nitrogen and oxygen atoms in total. The monoisotopic (exact) mass is 305 g/mol. The molecule has 3 N–H and O–H groups in total. The van der Waals surface area contributed by atoms with E-state index in [0.717, 1.165) is 37.3 Å². The molecule has 1 heterocycles. The van der Waals surface area contributed by atoms with Gasteiger partial charge in [0.2, 0.25) is 0 Å². The fourth-order valence-corrected chi connectivity index (χ4v) is 2.65. The number of nitrogens with zero attached hydrogens (tertiary/aromatic N) is 1. The van der Waals surface area contributed by atoms with Gasteiger partial charge in [-0.15, -0.1) is 0 Å². The lowest BCUT2D eigenvalue weighted by atomic mass is 9.97. The second kappa shape index (κ2) is 6.90. The summed E-state index contributed by atoms with van der Waals surface area (Å²) >= 11 is 0. The van der Waals surface area contributed by atoms with Gasteiger partial charge in [-0.05, 0) is 51.7 Å². The van der Waals surface area contributed by atoms with Crippen molar-refractivity contribution in [1.82, 2.24) is 5.32 Å². The molecule has 1 fully saturated rings. The Morgan fingerprint density at radius 3 is 2.55 bits per heavy atom. The lowest BCUT2D eigenvalue weighted by Gasteiger charge is -2.34. The summed E-state index contributed by atoms with van der Waals surface area (Å²) in [5, 5.41) is 2.81. The van der Waals surface area contributed by atoms with Gasteiger partial charge in [0.25, 0.3) is 0 Å². The van der Waals surface area contributed by atoms with E-state index in [4.69, 9.17) is 10.5 Å². The third kappa shape index (κ3) is 4.83. The van der Waals surface area contributed by atoms with Crippen LogP contribution in [-0.4, -0.2) is 31.3 Å². The Kier molecular flexibility index (Phi) is 5.16. The zero-order chi connectivity index (χ0) is 16.2. The van der Waals surface area contributed by atoms with Crippen molar-refractivity contribution < 1.29 is 9.53 Å². The minimum atomic E-state index is -0.331.